The molecule has 4 nitrogen and oxygen atoms in total. The van der Waals surface area contributed by atoms with Gasteiger partial charge in [-0.3, -0.25) is 4.79 Å². The second kappa shape index (κ2) is 8.53. The number of benzene rings is 1. The van der Waals surface area contributed by atoms with Crippen LogP contribution in [-0.2, 0) is 11.2 Å². The summed E-state index contributed by atoms with van der Waals surface area (Å²) < 4.78 is 0.802. The zero-order valence-corrected chi connectivity index (χ0v) is 14.7. The van der Waals surface area contributed by atoms with Crippen LogP contribution in [0, 0.1) is 0 Å². The molecule has 0 aliphatic carbocycles. The van der Waals surface area contributed by atoms with Crippen LogP contribution in [-0.4, -0.2) is 21.9 Å². The maximum absolute atomic E-state index is 11.9. The van der Waals surface area contributed by atoms with Crippen LogP contribution in [0.15, 0.2) is 35.2 Å². The lowest BCUT2D eigenvalue weighted by atomic mass is 10.1. The number of anilines is 1. The molecule has 1 amide bonds. The van der Waals surface area contributed by atoms with Crippen molar-refractivity contribution in [2.24, 2.45) is 0 Å². The number of nitrogens with zero attached hydrogens (tertiary/aromatic N) is 2. The molecular weight excluding hydrogens is 361 g/mol. The molecule has 0 aliphatic heterocycles. The molecule has 1 heterocycles. The van der Waals surface area contributed by atoms with Crippen molar-refractivity contribution in [2.45, 2.75) is 17.2 Å². The van der Waals surface area contributed by atoms with E-state index >= 15 is 0 Å². The normalized spacial score (nSPS) is 10.5. The van der Waals surface area contributed by atoms with Crippen molar-refractivity contribution in [2.75, 3.05) is 11.1 Å². The molecule has 116 valence electrons. The molecule has 22 heavy (non-hydrogen) atoms. The molecule has 1 N–H and O–H groups in total. The highest BCUT2D eigenvalue weighted by Gasteiger charge is 2.10. The van der Waals surface area contributed by atoms with Gasteiger partial charge < -0.3 is 5.32 Å². The lowest BCUT2D eigenvalue weighted by molar-refractivity contribution is -0.116. The van der Waals surface area contributed by atoms with Crippen LogP contribution in [0.1, 0.15) is 12.0 Å². The molecule has 0 bridgehead atoms. The van der Waals surface area contributed by atoms with Crippen molar-refractivity contribution in [1.82, 2.24) is 10.2 Å². The maximum Gasteiger partial charge on any atom is 0.226 e. The predicted molar refractivity (Wildman–Crippen MR) is 94.2 cm³/mol. The van der Waals surface area contributed by atoms with Gasteiger partial charge in [0.05, 0.1) is 0 Å². The number of aromatic nitrogens is 2. The number of thioether (sulfide) groups is 1. The van der Waals surface area contributed by atoms with E-state index in [0.717, 1.165) is 15.7 Å². The highest BCUT2D eigenvalue weighted by atomic mass is 35.5. The molecule has 0 aliphatic rings. The zero-order valence-electron chi connectivity index (χ0n) is 11.5. The summed E-state index contributed by atoms with van der Waals surface area (Å²) in [5.41, 5.74) is 0.890. The first kappa shape index (κ1) is 17.3. The van der Waals surface area contributed by atoms with Gasteiger partial charge in [0.1, 0.15) is 0 Å². The monoisotopic (exact) mass is 373 g/mol. The smallest absolute Gasteiger partial charge is 0.226 e. The second-order valence-corrected chi connectivity index (χ2v) is 7.34. The topological polar surface area (TPSA) is 54.9 Å². The average molecular weight is 374 g/mol. The van der Waals surface area contributed by atoms with E-state index < -0.39 is 0 Å². The van der Waals surface area contributed by atoms with Crippen LogP contribution in [0.2, 0.25) is 10.0 Å². The van der Waals surface area contributed by atoms with Gasteiger partial charge in [0, 0.05) is 22.2 Å². The van der Waals surface area contributed by atoms with Gasteiger partial charge in [0.25, 0.3) is 0 Å². The van der Waals surface area contributed by atoms with Gasteiger partial charge in [-0.05, 0) is 24.1 Å². The number of carbonyl (C=O) groups excluding carboxylic acids is 1. The maximum atomic E-state index is 11.9. The second-order valence-electron chi connectivity index (χ2n) is 4.26. The van der Waals surface area contributed by atoms with E-state index in [-0.39, 0.29) is 5.91 Å². The van der Waals surface area contributed by atoms with E-state index in [0.29, 0.717) is 28.0 Å². The minimum atomic E-state index is -0.123. The summed E-state index contributed by atoms with van der Waals surface area (Å²) in [5.74, 6) is 0.639. The summed E-state index contributed by atoms with van der Waals surface area (Å²) in [7, 11) is 0. The Morgan fingerprint density at radius 3 is 2.95 bits per heavy atom. The van der Waals surface area contributed by atoms with E-state index in [1.807, 2.05) is 6.07 Å². The van der Waals surface area contributed by atoms with Gasteiger partial charge in [0.15, 0.2) is 4.34 Å². The molecule has 2 rings (SSSR count). The molecule has 0 saturated heterocycles. The third kappa shape index (κ3) is 5.28. The first-order valence-electron chi connectivity index (χ1n) is 6.39. The molecule has 8 heteroatoms. The summed E-state index contributed by atoms with van der Waals surface area (Å²) in [4.78, 5) is 11.9. The van der Waals surface area contributed by atoms with E-state index in [1.54, 1.807) is 18.2 Å². The fraction of sp³-hybridized carbons (Fsp3) is 0.214. The van der Waals surface area contributed by atoms with Crippen molar-refractivity contribution in [3.63, 3.8) is 0 Å². The molecular formula is C14H13Cl2N3OS2. The van der Waals surface area contributed by atoms with Gasteiger partial charge in [0.2, 0.25) is 11.0 Å². The number of hydrogen-bond acceptors (Lipinski definition) is 5. The molecule has 2 aromatic rings. The van der Waals surface area contributed by atoms with Crippen LogP contribution in [0.3, 0.4) is 0 Å². The lowest BCUT2D eigenvalue weighted by Gasteiger charge is -2.04. The van der Waals surface area contributed by atoms with Gasteiger partial charge >= 0.3 is 0 Å². The summed E-state index contributed by atoms with van der Waals surface area (Å²) in [6.07, 6.45) is 2.65. The molecule has 0 saturated carbocycles. The Hall–Kier alpha value is -1.08. The van der Waals surface area contributed by atoms with Crippen LogP contribution in [0.5, 0.6) is 0 Å². The molecule has 1 aromatic heterocycles. The molecule has 0 spiro atoms. The van der Waals surface area contributed by atoms with E-state index in [4.69, 9.17) is 23.2 Å². The third-order valence-corrected chi connectivity index (χ3v) is 5.17. The van der Waals surface area contributed by atoms with Crippen LogP contribution >= 0.6 is 46.3 Å². The van der Waals surface area contributed by atoms with Gasteiger partial charge in [-0.2, -0.15) is 0 Å². The molecule has 0 radical (unpaired) electrons. The van der Waals surface area contributed by atoms with Gasteiger partial charge in [-0.25, -0.2) is 0 Å². The Labute approximate surface area is 146 Å². The summed E-state index contributed by atoms with van der Waals surface area (Å²) in [6, 6.07) is 5.26. The van der Waals surface area contributed by atoms with Crippen molar-refractivity contribution in [3.8, 4) is 0 Å². The minimum Gasteiger partial charge on any atom is -0.300 e. The van der Waals surface area contributed by atoms with E-state index in [9.17, 15) is 4.79 Å². The minimum absolute atomic E-state index is 0.123. The van der Waals surface area contributed by atoms with E-state index in [2.05, 4.69) is 22.1 Å². The predicted octanol–water partition coefficient (Wildman–Crippen LogP) is 4.69. The van der Waals surface area contributed by atoms with Crippen molar-refractivity contribution >= 4 is 57.3 Å². The Bertz CT molecular complexity index is 676. The molecule has 0 atom stereocenters. The first-order valence-corrected chi connectivity index (χ1v) is 8.95. The SMILES string of the molecule is C=CCSc1nnc(NC(=O)CCc2ccc(Cl)cc2Cl)s1. The highest BCUT2D eigenvalue weighted by Crippen LogP contribution is 2.26. The Morgan fingerprint density at radius 2 is 2.23 bits per heavy atom. The van der Waals surface area contributed by atoms with E-state index in [1.165, 1.54) is 23.1 Å². The summed E-state index contributed by atoms with van der Waals surface area (Å²) in [5, 5.41) is 12.3. The fourth-order valence-corrected chi connectivity index (χ4v) is 3.64. The Kier molecular flexibility index (Phi) is 6.70. The quantitative estimate of drug-likeness (QED) is 0.434. The standard InChI is InChI=1S/C14H13Cl2N3OS2/c1-2-7-21-14-19-18-13(22-14)17-12(20)6-4-9-3-5-10(15)8-11(9)16/h2-3,5,8H,1,4,6-7H2,(H,17,18,20). The number of amides is 1. The van der Waals surface area contributed by atoms with Crippen LogP contribution in [0.4, 0.5) is 5.13 Å². The summed E-state index contributed by atoms with van der Waals surface area (Å²) >= 11 is 14.8. The van der Waals surface area contributed by atoms with Crippen LogP contribution < -0.4 is 5.32 Å². The Morgan fingerprint density at radius 1 is 1.41 bits per heavy atom. The van der Waals surface area contributed by atoms with Gasteiger partial charge in [-0.1, -0.05) is 58.4 Å². The molecule has 1 aromatic carbocycles. The number of halogens is 2. The molecule has 0 unspecified atom stereocenters. The highest BCUT2D eigenvalue weighted by molar-refractivity contribution is 8.01. The number of hydrogen-bond donors (Lipinski definition) is 1. The zero-order chi connectivity index (χ0) is 15.9. The lowest BCUT2D eigenvalue weighted by Crippen LogP contribution is -2.12. The van der Waals surface area contributed by atoms with Crippen molar-refractivity contribution < 1.29 is 4.79 Å². The fourth-order valence-electron chi connectivity index (χ4n) is 1.60. The van der Waals surface area contributed by atoms with Crippen LogP contribution in [0.25, 0.3) is 0 Å². The first-order chi connectivity index (χ1) is 10.6. The molecule has 0 fully saturated rings. The summed E-state index contributed by atoms with van der Waals surface area (Å²) in [6.45, 7) is 3.64. The number of nitrogens with one attached hydrogen (secondary N) is 1. The number of carbonyl (C=O) groups is 1. The Balaban J connectivity index is 1.85. The van der Waals surface area contributed by atoms with Gasteiger partial charge in [-0.15, -0.1) is 16.8 Å². The van der Waals surface area contributed by atoms with Crippen molar-refractivity contribution in [3.05, 3.63) is 46.5 Å². The number of rotatable bonds is 7. The largest absolute Gasteiger partial charge is 0.300 e. The van der Waals surface area contributed by atoms with Crippen molar-refractivity contribution in [1.29, 1.82) is 0 Å². The third-order valence-electron chi connectivity index (χ3n) is 2.61. The number of aryl methyl sites for hydroxylation is 1. The average Bonchev–Trinajstić information content (AvgIpc) is 2.91.